The molecule has 92 valence electrons. The highest BCUT2D eigenvalue weighted by Gasteiger charge is 2.41. The highest BCUT2D eigenvalue weighted by molar-refractivity contribution is 6.30. The molecule has 0 spiro atoms. The molecule has 0 saturated carbocycles. The Balaban J connectivity index is 1.88. The fourth-order valence-electron chi connectivity index (χ4n) is 3.48. The Kier molecular flexibility index (Phi) is 3.12. The third-order valence-corrected chi connectivity index (χ3v) is 4.61. The maximum atomic E-state index is 9.63. The van der Waals surface area contributed by atoms with Crippen LogP contribution in [0.5, 0.6) is 0 Å². The van der Waals surface area contributed by atoms with Gasteiger partial charge in [-0.25, -0.2) is 0 Å². The summed E-state index contributed by atoms with van der Waals surface area (Å²) in [5, 5.41) is 14.0. The molecule has 3 heteroatoms. The summed E-state index contributed by atoms with van der Waals surface area (Å²) < 4.78 is 0. The van der Waals surface area contributed by atoms with Crippen LogP contribution >= 0.6 is 11.6 Å². The Morgan fingerprint density at radius 1 is 1.24 bits per heavy atom. The van der Waals surface area contributed by atoms with Gasteiger partial charge < -0.3 is 10.4 Å². The lowest BCUT2D eigenvalue weighted by Crippen LogP contribution is -2.45. The molecular weight excluding hydrogens is 234 g/mol. The number of hydrogen-bond donors (Lipinski definition) is 2. The Morgan fingerprint density at radius 2 is 2.00 bits per heavy atom. The number of hydrogen-bond acceptors (Lipinski definition) is 2. The highest BCUT2D eigenvalue weighted by Crippen LogP contribution is 2.41. The molecule has 2 heterocycles. The van der Waals surface area contributed by atoms with Crippen molar-refractivity contribution in [2.45, 2.75) is 37.3 Å². The minimum absolute atomic E-state index is 0.275. The van der Waals surface area contributed by atoms with Crippen molar-refractivity contribution in [3.05, 3.63) is 34.9 Å². The van der Waals surface area contributed by atoms with Crippen molar-refractivity contribution >= 4 is 11.6 Å². The van der Waals surface area contributed by atoms with E-state index < -0.39 is 0 Å². The Labute approximate surface area is 107 Å². The molecule has 3 rings (SSSR count). The number of benzene rings is 1. The number of piperidine rings is 1. The maximum Gasteiger partial charge on any atom is 0.0480 e. The quantitative estimate of drug-likeness (QED) is 0.847. The molecule has 17 heavy (non-hydrogen) atoms. The van der Waals surface area contributed by atoms with Crippen molar-refractivity contribution in [3.8, 4) is 0 Å². The zero-order valence-corrected chi connectivity index (χ0v) is 10.5. The van der Waals surface area contributed by atoms with Crippen molar-refractivity contribution in [3.63, 3.8) is 0 Å². The summed E-state index contributed by atoms with van der Waals surface area (Å²) in [5.41, 5.74) is 1.33. The third-order valence-electron chi connectivity index (χ3n) is 4.36. The Bertz CT molecular complexity index is 392. The summed E-state index contributed by atoms with van der Waals surface area (Å²) in [4.78, 5) is 0. The van der Waals surface area contributed by atoms with Gasteiger partial charge in [0.15, 0.2) is 0 Å². The van der Waals surface area contributed by atoms with Gasteiger partial charge in [0.05, 0.1) is 0 Å². The molecule has 2 saturated heterocycles. The van der Waals surface area contributed by atoms with E-state index in [2.05, 4.69) is 17.4 Å². The molecule has 2 aliphatic rings. The van der Waals surface area contributed by atoms with Gasteiger partial charge in [0.25, 0.3) is 0 Å². The van der Waals surface area contributed by atoms with Crippen molar-refractivity contribution in [2.24, 2.45) is 5.92 Å². The second-order valence-electron chi connectivity index (χ2n) is 5.29. The molecule has 2 bridgehead atoms. The first-order valence-electron chi connectivity index (χ1n) is 6.40. The van der Waals surface area contributed by atoms with Gasteiger partial charge in [-0.1, -0.05) is 23.7 Å². The van der Waals surface area contributed by atoms with Crippen molar-refractivity contribution in [1.29, 1.82) is 0 Å². The van der Waals surface area contributed by atoms with Crippen LogP contribution in [0.2, 0.25) is 5.02 Å². The standard InChI is InChI=1S/C14H18ClNO/c15-10-3-1-9(2-4-10)12-7-11-5-6-14(16-11)13(12)8-17/h1-4,11-14,16-17H,5-8H2. The van der Waals surface area contributed by atoms with Crippen molar-refractivity contribution < 1.29 is 5.11 Å². The van der Waals surface area contributed by atoms with Gasteiger partial charge in [0.2, 0.25) is 0 Å². The summed E-state index contributed by atoms with van der Waals surface area (Å²) in [6.07, 6.45) is 3.61. The van der Waals surface area contributed by atoms with E-state index in [0.717, 1.165) is 11.4 Å². The minimum atomic E-state index is 0.275. The van der Waals surface area contributed by atoms with E-state index in [1.807, 2.05) is 12.1 Å². The van der Waals surface area contributed by atoms with E-state index >= 15 is 0 Å². The average Bonchev–Trinajstić information content (AvgIpc) is 2.73. The maximum absolute atomic E-state index is 9.63. The average molecular weight is 252 g/mol. The number of aliphatic hydroxyl groups is 1. The van der Waals surface area contributed by atoms with Crippen LogP contribution in [0.15, 0.2) is 24.3 Å². The lowest BCUT2D eigenvalue weighted by molar-refractivity contribution is 0.144. The number of aliphatic hydroxyl groups excluding tert-OH is 1. The van der Waals surface area contributed by atoms with Gasteiger partial charge in [-0.2, -0.15) is 0 Å². The first-order chi connectivity index (χ1) is 8.28. The molecule has 4 unspecified atom stereocenters. The minimum Gasteiger partial charge on any atom is -0.396 e. The first-order valence-corrected chi connectivity index (χ1v) is 6.78. The van der Waals surface area contributed by atoms with E-state index in [1.54, 1.807) is 0 Å². The lowest BCUT2D eigenvalue weighted by Gasteiger charge is -2.37. The highest BCUT2D eigenvalue weighted by atomic mass is 35.5. The summed E-state index contributed by atoms with van der Waals surface area (Å²) in [5.74, 6) is 0.839. The van der Waals surface area contributed by atoms with Crippen LogP contribution < -0.4 is 5.32 Å². The largest absolute Gasteiger partial charge is 0.396 e. The van der Waals surface area contributed by atoms with Crippen LogP contribution in [0.1, 0.15) is 30.7 Å². The first kappa shape index (κ1) is 11.5. The van der Waals surface area contributed by atoms with Crippen molar-refractivity contribution in [1.82, 2.24) is 5.32 Å². The van der Waals surface area contributed by atoms with Gasteiger partial charge >= 0.3 is 0 Å². The molecule has 0 aliphatic carbocycles. The van der Waals surface area contributed by atoms with Crippen LogP contribution in [-0.2, 0) is 0 Å². The lowest BCUT2D eigenvalue weighted by atomic mass is 9.77. The molecule has 4 atom stereocenters. The van der Waals surface area contributed by atoms with Gasteiger partial charge in [0.1, 0.15) is 0 Å². The molecular formula is C14H18ClNO. The second kappa shape index (κ2) is 4.60. The van der Waals surface area contributed by atoms with E-state index in [-0.39, 0.29) is 6.61 Å². The normalized spacial score (nSPS) is 36.1. The van der Waals surface area contributed by atoms with Crippen LogP contribution in [0, 0.1) is 5.92 Å². The van der Waals surface area contributed by atoms with Crippen LogP contribution in [0.3, 0.4) is 0 Å². The molecule has 2 nitrogen and oxygen atoms in total. The summed E-state index contributed by atoms with van der Waals surface area (Å²) >= 11 is 5.93. The predicted molar refractivity (Wildman–Crippen MR) is 69.3 cm³/mol. The number of fused-ring (bicyclic) bond motifs is 2. The van der Waals surface area contributed by atoms with Crippen LogP contribution in [-0.4, -0.2) is 23.8 Å². The zero-order valence-electron chi connectivity index (χ0n) is 9.77. The smallest absolute Gasteiger partial charge is 0.0480 e. The molecule has 0 aromatic heterocycles. The van der Waals surface area contributed by atoms with E-state index in [0.29, 0.717) is 23.9 Å². The summed E-state index contributed by atoms with van der Waals surface area (Å²) in [6.45, 7) is 0.275. The van der Waals surface area contributed by atoms with E-state index in [1.165, 1.54) is 18.4 Å². The topological polar surface area (TPSA) is 32.3 Å². The third kappa shape index (κ3) is 2.10. The SMILES string of the molecule is OCC1C2CCC(CC1c1ccc(Cl)cc1)N2. The van der Waals surface area contributed by atoms with Crippen LogP contribution in [0.4, 0.5) is 0 Å². The fourth-order valence-corrected chi connectivity index (χ4v) is 3.61. The molecule has 1 aromatic carbocycles. The number of nitrogens with one attached hydrogen (secondary N) is 1. The molecule has 2 N–H and O–H groups in total. The molecule has 0 radical (unpaired) electrons. The molecule has 2 fully saturated rings. The van der Waals surface area contributed by atoms with Gasteiger partial charge in [-0.3, -0.25) is 0 Å². The number of rotatable bonds is 2. The molecule has 1 aromatic rings. The van der Waals surface area contributed by atoms with Crippen LogP contribution in [0.25, 0.3) is 0 Å². The van der Waals surface area contributed by atoms with Gasteiger partial charge in [0, 0.05) is 29.6 Å². The molecule has 2 aliphatic heterocycles. The monoisotopic (exact) mass is 251 g/mol. The molecule has 0 amide bonds. The van der Waals surface area contributed by atoms with Crippen molar-refractivity contribution in [2.75, 3.05) is 6.61 Å². The van der Waals surface area contributed by atoms with Gasteiger partial charge in [-0.05, 0) is 42.9 Å². The zero-order chi connectivity index (χ0) is 11.8. The Morgan fingerprint density at radius 3 is 2.71 bits per heavy atom. The fraction of sp³-hybridized carbons (Fsp3) is 0.571. The second-order valence-corrected chi connectivity index (χ2v) is 5.72. The summed E-state index contributed by atoms with van der Waals surface area (Å²) in [7, 11) is 0. The summed E-state index contributed by atoms with van der Waals surface area (Å²) in [6, 6.07) is 9.27. The van der Waals surface area contributed by atoms with E-state index in [4.69, 9.17) is 11.6 Å². The Hall–Kier alpha value is -0.570. The van der Waals surface area contributed by atoms with Gasteiger partial charge in [-0.15, -0.1) is 0 Å². The van der Waals surface area contributed by atoms with E-state index in [9.17, 15) is 5.11 Å². The predicted octanol–water partition coefficient (Wildman–Crippen LogP) is 2.56. The number of halogens is 1.